The van der Waals surface area contributed by atoms with Gasteiger partial charge in [-0.25, -0.2) is 0 Å². The van der Waals surface area contributed by atoms with Crippen LogP contribution in [0.15, 0.2) is 36.0 Å². The van der Waals surface area contributed by atoms with Crippen LogP contribution in [0.5, 0.6) is 0 Å². The Balaban J connectivity index is 2.42. The summed E-state index contributed by atoms with van der Waals surface area (Å²) < 4.78 is 0. The SMILES string of the molecule is CCc1cnccc1C(=O)c1cccs1. The highest BCUT2D eigenvalue weighted by Gasteiger charge is 2.12. The molecule has 2 aromatic heterocycles. The average Bonchev–Trinajstić information content (AvgIpc) is 2.81. The van der Waals surface area contributed by atoms with Crippen LogP contribution in [-0.2, 0) is 6.42 Å². The molecule has 0 atom stereocenters. The normalized spacial score (nSPS) is 10.2. The zero-order valence-electron chi connectivity index (χ0n) is 8.43. The number of nitrogens with zero attached hydrogens (tertiary/aromatic N) is 1. The van der Waals surface area contributed by atoms with Gasteiger partial charge in [0.25, 0.3) is 0 Å². The molecule has 15 heavy (non-hydrogen) atoms. The quantitative estimate of drug-likeness (QED) is 0.740. The molecule has 0 aliphatic rings. The highest BCUT2D eigenvalue weighted by Crippen LogP contribution is 2.17. The summed E-state index contributed by atoms with van der Waals surface area (Å²) in [4.78, 5) is 16.9. The van der Waals surface area contributed by atoms with Gasteiger partial charge in [0.2, 0.25) is 5.78 Å². The molecule has 2 aromatic rings. The van der Waals surface area contributed by atoms with E-state index in [4.69, 9.17) is 0 Å². The van der Waals surface area contributed by atoms with Crippen molar-refractivity contribution in [2.45, 2.75) is 13.3 Å². The van der Waals surface area contributed by atoms with Crippen molar-refractivity contribution >= 4 is 17.1 Å². The Morgan fingerprint density at radius 1 is 1.47 bits per heavy atom. The van der Waals surface area contributed by atoms with Gasteiger partial charge in [0.05, 0.1) is 4.88 Å². The summed E-state index contributed by atoms with van der Waals surface area (Å²) in [6.45, 7) is 2.03. The van der Waals surface area contributed by atoms with Gasteiger partial charge in [-0.3, -0.25) is 9.78 Å². The molecule has 0 N–H and O–H groups in total. The lowest BCUT2D eigenvalue weighted by Gasteiger charge is -2.03. The molecule has 0 aliphatic carbocycles. The van der Waals surface area contributed by atoms with Crippen LogP contribution in [0.2, 0.25) is 0 Å². The minimum Gasteiger partial charge on any atom is -0.288 e. The maximum absolute atomic E-state index is 12.1. The van der Waals surface area contributed by atoms with Gasteiger partial charge in [-0.15, -0.1) is 11.3 Å². The number of carbonyl (C=O) groups is 1. The summed E-state index contributed by atoms with van der Waals surface area (Å²) in [7, 11) is 0. The van der Waals surface area contributed by atoms with Gasteiger partial charge in [-0.1, -0.05) is 13.0 Å². The van der Waals surface area contributed by atoms with E-state index in [9.17, 15) is 4.79 Å². The van der Waals surface area contributed by atoms with Gasteiger partial charge in [0.15, 0.2) is 0 Å². The van der Waals surface area contributed by atoms with Gasteiger partial charge in [0, 0.05) is 18.0 Å². The second-order valence-corrected chi connectivity index (χ2v) is 4.14. The summed E-state index contributed by atoms with van der Waals surface area (Å²) in [6.07, 6.45) is 4.27. The third-order valence-corrected chi connectivity index (χ3v) is 3.14. The first-order valence-electron chi connectivity index (χ1n) is 4.84. The maximum Gasteiger partial charge on any atom is 0.203 e. The number of hydrogen-bond acceptors (Lipinski definition) is 3. The van der Waals surface area contributed by atoms with E-state index in [0.717, 1.165) is 22.4 Å². The molecule has 0 amide bonds. The van der Waals surface area contributed by atoms with Crippen molar-refractivity contribution in [3.63, 3.8) is 0 Å². The van der Waals surface area contributed by atoms with Crippen LogP contribution in [0.1, 0.15) is 27.7 Å². The number of hydrogen-bond donors (Lipinski definition) is 0. The van der Waals surface area contributed by atoms with Crippen molar-refractivity contribution in [1.82, 2.24) is 4.98 Å². The number of aromatic nitrogens is 1. The minimum atomic E-state index is 0.101. The van der Waals surface area contributed by atoms with E-state index in [2.05, 4.69) is 4.98 Å². The molecule has 0 aliphatic heterocycles. The summed E-state index contributed by atoms with van der Waals surface area (Å²) in [5.41, 5.74) is 1.78. The zero-order valence-corrected chi connectivity index (χ0v) is 9.25. The van der Waals surface area contributed by atoms with E-state index >= 15 is 0 Å². The van der Waals surface area contributed by atoms with Gasteiger partial charge in [-0.05, 0) is 29.5 Å². The Morgan fingerprint density at radius 2 is 2.33 bits per heavy atom. The van der Waals surface area contributed by atoms with Crippen LogP contribution in [0.3, 0.4) is 0 Å². The van der Waals surface area contributed by atoms with Gasteiger partial charge >= 0.3 is 0 Å². The highest BCUT2D eigenvalue weighted by atomic mass is 32.1. The number of ketones is 1. The maximum atomic E-state index is 12.1. The summed E-state index contributed by atoms with van der Waals surface area (Å²) in [6, 6.07) is 5.54. The molecule has 0 saturated heterocycles. The van der Waals surface area contributed by atoms with Crippen LogP contribution in [-0.4, -0.2) is 10.8 Å². The molecular formula is C12H11NOS. The van der Waals surface area contributed by atoms with Crippen LogP contribution < -0.4 is 0 Å². The van der Waals surface area contributed by atoms with Gasteiger partial charge in [0.1, 0.15) is 0 Å². The molecule has 2 rings (SSSR count). The third-order valence-electron chi connectivity index (χ3n) is 2.27. The van der Waals surface area contributed by atoms with Crippen molar-refractivity contribution < 1.29 is 4.79 Å². The molecule has 0 aromatic carbocycles. The molecule has 0 unspecified atom stereocenters. The van der Waals surface area contributed by atoms with Crippen LogP contribution in [0.4, 0.5) is 0 Å². The van der Waals surface area contributed by atoms with Crippen molar-refractivity contribution in [2.75, 3.05) is 0 Å². The van der Waals surface area contributed by atoms with E-state index in [1.807, 2.05) is 24.4 Å². The second-order valence-electron chi connectivity index (χ2n) is 3.19. The summed E-state index contributed by atoms with van der Waals surface area (Å²) >= 11 is 1.48. The fourth-order valence-electron chi connectivity index (χ4n) is 1.47. The van der Waals surface area contributed by atoms with Crippen LogP contribution in [0, 0.1) is 0 Å². The predicted molar refractivity (Wildman–Crippen MR) is 61.4 cm³/mol. The summed E-state index contributed by atoms with van der Waals surface area (Å²) in [5, 5.41) is 1.92. The molecule has 0 fully saturated rings. The second kappa shape index (κ2) is 4.36. The molecule has 76 valence electrons. The third kappa shape index (κ3) is 1.97. The molecule has 3 heteroatoms. The average molecular weight is 217 g/mol. The van der Waals surface area contributed by atoms with E-state index in [1.165, 1.54) is 11.3 Å². The lowest BCUT2D eigenvalue weighted by atomic mass is 10.0. The van der Waals surface area contributed by atoms with Gasteiger partial charge < -0.3 is 0 Å². The topological polar surface area (TPSA) is 30.0 Å². The van der Waals surface area contributed by atoms with Crippen molar-refractivity contribution in [3.8, 4) is 0 Å². The predicted octanol–water partition coefficient (Wildman–Crippen LogP) is 2.94. The Hall–Kier alpha value is -1.48. The molecular weight excluding hydrogens is 206 g/mol. The number of aryl methyl sites for hydroxylation is 1. The smallest absolute Gasteiger partial charge is 0.203 e. The number of rotatable bonds is 3. The number of pyridine rings is 1. The van der Waals surface area contributed by atoms with Crippen molar-refractivity contribution in [3.05, 3.63) is 52.0 Å². The van der Waals surface area contributed by atoms with Crippen LogP contribution >= 0.6 is 11.3 Å². The lowest BCUT2D eigenvalue weighted by molar-refractivity contribution is 0.104. The first kappa shape index (κ1) is 10.1. The van der Waals surface area contributed by atoms with Crippen molar-refractivity contribution in [2.24, 2.45) is 0 Å². The Bertz CT molecular complexity index is 462. The van der Waals surface area contributed by atoms with E-state index in [0.29, 0.717) is 0 Å². The number of thiophene rings is 1. The van der Waals surface area contributed by atoms with Gasteiger partial charge in [-0.2, -0.15) is 0 Å². The van der Waals surface area contributed by atoms with Crippen LogP contribution in [0.25, 0.3) is 0 Å². The largest absolute Gasteiger partial charge is 0.288 e. The Labute approximate surface area is 92.6 Å². The Kier molecular flexibility index (Phi) is 2.92. The van der Waals surface area contributed by atoms with Crippen molar-refractivity contribution in [1.29, 1.82) is 0 Å². The molecule has 2 nitrogen and oxygen atoms in total. The molecule has 0 saturated carbocycles. The molecule has 2 heterocycles. The fraction of sp³-hybridized carbons (Fsp3) is 0.167. The van der Waals surface area contributed by atoms with E-state index < -0.39 is 0 Å². The molecule has 0 bridgehead atoms. The van der Waals surface area contributed by atoms with E-state index in [-0.39, 0.29) is 5.78 Å². The minimum absolute atomic E-state index is 0.101. The fourth-order valence-corrected chi connectivity index (χ4v) is 2.15. The lowest BCUT2D eigenvalue weighted by Crippen LogP contribution is -2.03. The zero-order chi connectivity index (χ0) is 10.7. The first-order valence-corrected chi connectivity index (χ1v) is 5.72. The monoisotopic (exact) mass is 217 g/mol. The standard InChI is InChI=1S/C12H11NOS/c1-2-9-8-13-6-5-10(9)12(14)11-4-3-7-15-11/h3-8H,2H2,1H3. The molecule has 0 radical (unpaired) electrons. The van der Waals surface area contributed by atoms with E-state index in [1.54, 1.807) is 18.5 Å². The molecule has 0 spiro atoms. The summed E-state index contributed by atoms with van der Waals surface area (Å²) in [5.74, 6) is 0.101. The highest BCUT2D eigenvalue weighted by molar-refractivity contribution is 7.12. The first-order chi connectivity index (χ1) is 7.33. The Morgan fingerprint density at radius 3 is 3.00 bits per heavy atom. The number of carbonyl (C=O) groups excluding carboxylic acids is 1.